The first-order chi connectivity index (χ1) is 10.7. The Balaban J connectivity index is 0.00000104. The van der Waals surface area contributed by atoms with Gasteiger partial charge in [-0.3, -0.25) is 0 Å². The van der Waals surface area contributed by atoms with Crippen molar-refractivity contribution in [3.05, 3.63) is 81.9 Å². The fraction of sp³-hybridized carbons (Fsp3) is 0.200. The molecule has 2 unspecified atom stereocenters. The van der Waals surface area contributed by atoms with E-state index in [4.69, 9.17) is 0 Å². The van der Waals surface area contributed by atoms with Crippen molar-refractivity contribution in [3.8, 4) is 0 Å². The van der Waals surface area contributed by atoms with Crippen LogP contribution < -0.4 is 24.8 Å². The van der Waals surface area contributed by atoms with Crippen molar-refractivity contribution in [1.29, 1.82) is 0 Å². The Morgan fingerprint density at radius 2 is 1.08 bits per heavy atom. The van der Waals surface area contributed by atoms with Crippen molar-refractivity contribution in [1.82, 2.24) is 0 Å². The van der Waals surface area contributed by atoms with Crippen LogP contribution in [0.15, 0.2) is 59.7 Å². The molecule has 0 nitrogen and oxygen atoms in total. The minimum absolute atomic E-state index is 0. The van der Waals surface area contributed by atoms with E-state index in [0.29, 0.717) is 0 Å². The van der Waals surface area contributed by atoms with E-state index < -0.39 is 20.1 Å². The van der Waals surface area contributed by atoms with Crippen LogP contribution in [0.4, 0.5) is 0 Å². The summed E-state index contributed by atoms with van der Waals surface area (Å²) in [6.07, 6.45) is 4.86. The molecule has 0 bridgehead atoms. The third-order valence-corrected chi connectivity index (χ3v) is 22.6. The largest absolute Gasteiger partial charge is 1.00 e. The summed E-state index contributed by atoms with van der Waals surface area (Å²) in [5.41, 5.74) is 9.36. The van der Waals surface area contributed by atoms with Gasteiger partial charge in [-0.05, 0) is 0 Å². The molecule has 2 aromatic rings. The van der Waals surface area contributed by atoms with Gasteiger partial charge in [-0.25, -0.2) is 0 Å². The molecule has 0 heterocycles. The molecule has 2 aromatic carbocycles. The standard InChI is InChI=1S/2C10H9.2ClH.Hf.H2Si/c2*1-8-6-9-4-2-3-5-10(9)7-8;;;;/h2*2-7H,1H3;2*1H;;1H2/q;;;;+2;/p-2. The SMILES string of the molecule is CC1=Cc2ccccc2[CH]1[Hf+2](=[SiH2])[CH]1C(C)=Cc2ccccc21.[Cl-].[Cl-]. The molecule has 0 N–H and O–H groups in total. The summed E-state index contributed by atoms with van der Waals surface area (Å²) in [5, 5.41) is 0. The van der Waals surface area contributed by atoms with Crippen LogP contribution in [0.2, 0.25) is 0 Å². The maximum Gasteiger partial charge on any atom is -1.00 e. The number of hydrogen-bond acceptors (Lipinski definition) is 0. The van der Waals surface area contributed by atoms with Gasteiger partial charge < -0.3 is 24.8 Å². The van der Waals surface area contributed by atoms with E-state index in [2.05, 4.69) is 81.5 Å². The van der Waals surface area contributed by atoms with Crippen LogP contribution in [0.5, 0.6) is 0 Å². The predicted molar refractivity (Wildman–Crippen MR) is 94.2 cm³/mol. The summed E-state index contributed by atoms with van der Waals surface area (Å²) in [7, 11) is 0. The third-order valence-electron chi connectivity index (χ3n) is 5.03. The Morgan fingerprint density at radius 1 is 0.708 bits per heavy atom. The van der Waals surface area contributed by atoms with E-state index in [1.54, 1.807) is 22.3 Å². The van der Waals surface area contributed by atoms with Gasteiger partial charge in [-0.1, -0.05) is 0 Å². The average molecular weight is 538 g/mol. The molecule has 0 aliphatic heterocycles. The van der Waals surface area contributed by atoms with Crippen molar-refractivity contribution < 1.29 is 44.9 Å². The zero-order valence-corrected chi connectivity index (χ0v) is 20.4. The number of allylic oxidation sites excluding steroid dienone is 2. The fourth-order valence-corrected chi connectivity index (χ4v) is 23.7. The van der Waals surface area contributed by atoms with Crippen molar-refractivity contribution in [3.63, 3.8) is 0 Å². The van der Waals surface area contributed by atoms with Gasteiger partial charge >= 0.3 is 142 Å². The first-order valence-corrected chi connectivity index (χ1v) is 20.4. The number of halogens is 2. The molecule has 0 saturated heterocycles. The van der Waals surface area contributed by atoms with Gasteiger partial charge in [0, 0.05) is 0 Å². The topological polar surface area (TPSA) is 0 Å². The second-order valence-corrected chi connectivity index (χ2v) is 21.4. The Labute approximate surface area is 166 Å². The van der Waals surface area contributed by atoms with Crippen LogP contribution in [0.3, 0.4) is 0 Å². The number of benzene rings is 2. The molecule has 4 rings (SSSR count). The molecule has 0 radical (unpaired) electrons. The Hall–Kier alpha value is -0.413. The fourth-order valence-electron chi connectivity index (χ4n) is 4.11. The zero-order valence-electron chi connectivity index (χ0n) is 13.9. The van der Waals surface area contributed by atoms with Crippen molar-refractivity contribution >= 4 is 19.1 Å². The Kier molecular flexibility index (Phi) is 6.52. The first-order valence-electron chi connectivity index (χ1n) is 7.90. The first kappa shape index (κ1) is 19.9. The van der Waals surface area contributed by atoms with E-state index in [0.717, 1.165) is 7.35 Å². The maximum atomic E-state index is 2.43. The summed E-state index contributed by atoms with van der Waals surface area (Å²) in [5.74, 6) is 0. The molecule has 0 aromatic heterocycles. The van der Waals surface area contributed by atoms with Crippen LogP contribution in [0.1, 0.15) is 43.5 Å². The molecule has 2 aliphatic rings. The van der Waals surface area contributed by atoms with Gasteiger partial charge in [0.25, 0.3) is 0 Å². The van der Waals surface area contributed by atoms with Crippen molar-refractivity contribution in [2.75, 3.05) is 0 Å². The number of fused-ring (bicyclic) bond motifs is 2. The molecule has 0 amide bonds. The second-order valence-electron chi connectivity index (χ2n) is 6.48. The molecule has 0 fully saturated rings. The number of rotatable bonds is 2. The minimum Gasteiger partial charge on any atom is -1.00 e. The molecule has 0 spiro atoms. The average Bonchev–Trinajstić information content (AvgIpc) is 3.01. The molecule has 0 saturated carbocycles. The van der Waals surface area contributed by atoms with Crippen LogP contribution >= 0.6 is 0 Å². The van der Waals surface area contributed by atoms with Crippen molar-refractivity contribution in [2.45, 2.75) is 21.2 Å². The summed E-state index contributed by atoms with van der Waals surface area (Å²) in [4.78, 5) is 0. The molecule has 4 heteroatoms. The Morgan fingerprint density at radius 3 is 1.50 bits per heavy atom. The monoisotopic (exact) mass is 538 g/mol. The van der Waals surface area contributed by atoms with Gasteiger partial charge in [0.2, 0.25) is 0 Å². The van der Waals surface area contributed by atoms with Gasteiger partial charge in [0.15, 0.2) is 0 Å². The zero-order chi connectivity index (χ0) is 15.3. The summed E-state index contributed by atoms with van der Waals surface area (Å²) >= 11 is -1.87. The normalized spacial score (nSPS) is 19.7. The van der Waals surface area contributed by atoms with Crippen LogP contribution in [0.25, 0.3) is 12.2 Å². The molecule has 2 aliphatic carbocycles. The molecule has 24 heavy (non-hydrogen) atoms. The van der Waals surface area contributed by atoms with Gasteiger partial charge in [0.1, 0.15) is 0 Å². The second kappa shape index (κ2) is 7.86. The van der Waals surface area contributed by atoms with Gasteiger partial charge in [-0.15, -0.1) is 0 Å². The number of hydrogen-bond donors (Lipinski definition) is 0. The molecular weight excluding hydrogens is 518 g/mol. The van der Waals surface area contributed by atoms with Gasteiger partial charge in [0.05, 0.1) is 0 Å². The predicted octanol–water partition coefficient (Wildman–Crippen LogP) is -1.52. The summed E-state index contributed by atoms with van der Waals surface area (Å²) < 4.78 is 1.53. The maximum absolute atomic E-state index is 2.43. The van der Waals surface area contributed by atoms with E-state index in [1.165, 1.54) is 11.1 Å². The minimum atomic E-state index is -1.87. The Bertz CT molecular complexity index is 785. The van der Waals surface area contributed by atoms with E-state index in [1.807, 2.05) is 0 Å². The van der Waals surface area contributed by atoms with E-state index in [-0.39, 0.29) is 24.8 Å². The van der Waals surface area contributed by atoms with Gasteiger partial charge in [-0.2, -0.15) is 0 Å². The summed E-state index contributed by atoms with van der Waals surface area (Å²) in [6.45, 7) is 7.09. The van der Waals surface area contributed by atoms with Crippen molar-refractivity contribution in [2.24, 2.45) is 0 Å². The summed E-state index contributed by atoms with van der Waals surface area (Å²) in [6, 6.07) is 18.1. The van der Waals surface area contributed by atoms with E-state index >= 15 is 0 Å². The molecular formula is C20H20Cl2HfSi. The van der Waals surface area contributed by atoms with Crippen LogP contribution in [-0.2, 0) is 20.1 Å². The van der Waals surface area contributed by atoms with E-state index in [9.17, 15) is 0 Å². The smallest absolute Gasteiger partial charge is 1.00 e. The third kappa shape index (κ3) is 3.19. The molecule has 122 valence electrons. The van der Waals surface area contributed by atoms with Crippen LogP contribution in [0, 0.1) is 0 Å². The quantitative estimate of drug-likeness (QED) is 0.409. The molecule has 2 atom stereocenters. The van der Waals surface area contributed by atoms with Crippen LogP contribution in [-0.4, -0.2) is 6.94 Å².